The lowest BCUT2D eigenvalue weighted by molar-refractivity contribution is 0.175. The Bertz CT molecular complexity index is 419. The van der Waals surface area contributed by atoms with E-state index in [1.807, 2.05) is 30.3 Å². The number of halogens is 2. The zero-order valence-corrected chi connectivity index (χ0v) is 11.3. The van der Waals surface area contributed by atoms with E-state index in [2.05, 4.69) is 32.9 Å². The molecule has 0 saturated carbocycles. The van der Waals surface area contributed by atoms with Crippen LogP contribution in [0.15, 0.2) is 44.8 Å². The molecule has 1 atom stereocenters. The lowest BCUT2D eigenvalue weighted by Crippen LogP contribution is -2.27. The average Bonchev–Trinajstić information content (AvgIpc) is 2.32. The van der Waals surface area contributed by atoms with E-state index in [4.69, 9.17) is 16.3 Å². The molecular formula is C11H10ClIN2O. The van der Waals surface area contributed by atoms with Crippen LogP contribution in [0.1, 0.15) is 5.56 Å². The molecule has 0 fully saturated rings. The summed E-state index contributed by atoms with van der Waals surface area (Å²) in [4.78, 5) is 4.00. The van der Waals surface area contributed by atoms with Crippen LogP contribution in [-0.2, 0) is 11.3 Å². The predicted octanol–water partition coefficient (Wildman–Crippen LogP) is 3.00. The molecule has 3 nitrogen and oxygen atoms in total. The molecule has 0 saturated heterocycles. The number of aliphatic imine (C=N–C) groups is 1. The van der Waals surface area contributed by atoms with Gasteiger partial charge >= 0.3 is 0 Å². The van der Waals surface area contributed by atoms with Crippen LogP contribution in [0.4, 0.5) is 0 Å². The Morgan fingerprint density at radius 2 is 2.12 bits per heavy atom. The summed E-state index contributed by atoms with van der Waals surface area (Å²) in [5.74, 6) is 0.680. The van der Waals surface area contributed by atoms with E-state index in [1.165, 1.54) is 0 Å². The van der Waals surface area contributed by atoms with Crippen molar-refractivity contribution in [3.05, 3.63) is 45.4 Å². The molecule has 1 aliphatic rings. The van der Waals surface area contributed by atoms with Crippen molar-refractivity contribution >= 4 is 40.4 Å². The fourth-order valence-corrected chi connectivity index (χ4v) is 1.87. The van der Waals surface area contributed by atoms with Crippen LogP contribution in [0.5, 0.6) is 0 Å². The monoisotopic (exact) mass is 348 g/mol. The first-order valence-corrected chi connectivity index (χ1v) is 6.27. The third-order valence-corrected chi connectivity index (χ3v) is 3.00. The molecule has 84 valence electrons. The highest BCUT2D eigenvalue weighted by atomic mass is 127. The van der Waals surface area contributed by atoms with Gasteiger partial charge in [0.15, 0.2) is 5.62 Å². The fraction of sp³-hybridized carbons (Fsp3) is 0.182. The molecule has 1 heterocycles. The number of hydrogen-bond acceptors (Lipinski definition) is 3. The molecule has 0 radical (unpaired) electrons. The van der Waals surface area contributed by atoms with Crippen LogP contribution in [0, 0.1) is 0 Å². The molecule has 1 N–H and O–H groups in total. The molecule has 16 heavy (non-hydrogen) atoms. The first-order chi connectivity index (χ1) is 7.75. The van der Waals surface area contributed by atoms with Crippen LogP contribution in [0.2, 0.25) is 0 Å². The summed E-state index contributed by atoms with van der Waals surface area (Å²) in [6, 6.07) is 9.98. The standard InChI is InChI=1S/C11H10ClIN2O/c12-11-14-6-9(13)10(15-11)16-7-8-4-2-1-3-5-8/h1-6,11,15H,7H2. The normalized spacial score (nSPS) is 19.5. The van der Waals surface area contributed by atoms with Crippen LogP contribution in [0.3, 0.4) is 0 Å². The van der Waals surface area contributed by atoms with Gasteiger partial charge in [0.05, 0.1) is 3.58 Å². The van der Waals surface area contributed by atoms with Gasteiger partial charge in [-0.1, -0.05) is 41.9 Å². The van der Waals surface area contributed by atoms with Crippen molar-refractivity contribution in [3.8, 4) is 0 Å². The zero-order chi connectivity index (χ0) is 11.4. The lowest BCUT2D eigenvalue weighted by atomic mass is 10.2. The molecule has 1 unspecified atom stereocenters. The number of nitrogens with zero attached hydrogens (tertiary/aromatic N) is 1. The van der Waals surface area contributed by atoms with E-state index in [1.54, 1.807) is 6.21 Å². The minimum absolute atomic E-state index is 0.440. The van der Waals surface area contributed by atoms with E-state index in [0.717, 1.165) is 9.14 Å². The van der Waals surface area contributed by atoms with Gasteiger partial charge in [-0.15, -0.1) is 0 Å². The minimum atomic E-state index is -0.440. The highest BCUT2D eigenvalue weighted by molar-refractivity contribution is 14.1. The van der Waals surface area contributed by atoms with Crippen molar-refractivity contribution < 1.29 is 4.74 Å². The van der Waals surface area contributed by atoms with Crippen LogP contribution in [0.25, 0.3) is 0 Å². The van der Waals surface area contributed by atoms with Gasteiger partial charge in [0.1, 0.15) is 6.61 Å². The Balaban J connectivity index is 1.98. The van der Waals surface area contributed by atoms with Crippen LogP contribution >= 0.6 is 34.2 Å². The van der Waals surface area contributed by atoms with Gasteiger partial charge in [-0.25, -0.2) is 0 Å². The number of nitrogens with one attached hydrogen (secondary N) is 1. The number of hydrogen-bond donors (Lipinski definition) is 1. The molecule has 0 bridgehead atoms. The van der Waals surface area contributed by atoms with E-state index >= 15 is 0 Å². The van der Waals surface area contributed by atoms with Crippen molar-refractivity contribution in [1.29, 1.82) is 0 Å². The molecule has 0 aromatic heterocycles. The largest absolute Gasteiger partial charge is 0.473 e. The van der Waals surface area contributed by atoms with Gasteiger partial charge in [-0.05, 0) is 28.2 Å². The molecule has 0 aliphatic carbocycles. The van der Waals surface area contributed by atoms with E-state index in [0.29, 0.717) is 12.5 Å². The summed E-state index contributed by atoms with van der Waals surface area (Å²) in [6.07, 6.45) is 1.70. The van der Waals surface area contributed by atoms with Gasteiger partial charge in [0.2, 0.25) is 5.88 Å². The molecule has 5 heteroatoms. The maximum Gasteiger partial charge on any atom is 0.205 e. The number of alkyl halides is 1. The van der Waals surface area contributed by atoms with E-state index < -0.39 is 5.62 Å². The number of benzene rings is 1. The third-order valence-electron chi connectivity index (χ3n) is 2.01. The van der Waals surface area contributed by atoms with Gasteiger partial charge < -0.3 is 10.1 Å². The first kappa shape index (κ1) is 11.7. The summed E-state index contributed by atoms with van der Waals surface area (Å²) in [7, 11) is 0. The van der Waals surface area contributed by atoms with Crippen molar-refractivity contribution in [2.75, 3.05) is 0 Å². The molecule has 1 aromatic carbocycles. The zero-order valence-electron chi connectivity index (χ0n) is 8.36. The second kappa shape index (κ2) is 5.54. The van der Waals surface area contributed by atoms with E-state index in [9.17, 15) is 0 Å². The predicted molar refractivity (Wildman–Crippen MR) is 73.5 cm³/mol. The van der Waals surface area contributed by atoms with Gasteiger partial charge in [-0.3, -0.25) is 4.99 Å². The molecule has 2 rings (SSSR count). The summed E-state index contributed by atoms with van der Waals surface area (Å²) in [6.45, 7) is 0.521. The van der Waals surface area contributed by atoms with Gasteiger partial charge in [0.25, 0.3) is 0 Å². The maximum absolute atomic E-state index is 5.83. The number of rotatable bonds is 3. The third kappa shape index (κ3) is 3.12. The Morgan fingerprint density at radius 1 is 1.38 bits per heavy atom. The highest BCUT2D eigenvalue weighted by Gasteiger charge is 2.13. The number of ether oxygens (including phenoxy) is 1. The molecule has 1 aliphatic heterocycles. The summed E-state index contributed by atoms with van der Waals surface area (Å²) in [5.41, 5.74) is 0.680. The average molecular weight is 349 g/mol. The molecule has 0 amide bonds. The van der Waals surface area contributed by atoms with Crippen molar-refractivity contribution in [3.63, 3.8) is 0 Å². The Labute approximate surface area is 113 Å². The lowest BCUT2D eigenvalue weighted by Gasteiger charge is -2.18. The SMILES string of the molecule is ClC1N=CC(I)=C(OCc2ccccc2)N1. The summed E-state index contributed by atoms with van der Waals surface area (Å²) < 4.78 is 6.56. The quantitative estimate of drug-likeness (QED) is 0.517. The Kier molecular flexibility index (Phi) is 4.06. The van der Waals surface area contributed by atoms with Crippen LogP contribution in [-0.4, -0.2) is 11.8 Å². The van der Waals surface area contributed by atoms with Crippen LogP contribution < -0.4 is 5.32 Å². The topological polar surface area (TPSA) is 33.6 Å². The van der Waals surface area contributed by atoms with Gasteiger partial charge in [0, 0.05) is 6.21 Å². The molecular weight excluding hydrogens is 338 g/mol. The maximum atomic E-state index is 5.83. The first-order valence-electron chi connectivity index (χ1n) is 4.76. The van der Waals surface area contributed by atoms with E-state index in [-0.39, 0.29) is 0 Å². The van der Waals surface area contributed by atoms with Crippen molar-refractivity contribution in [2.45, 2.75) is 12.2 Å². The summed E-state index contributed by atoms with van der Waals surface area (Å²) in [5, 5.41) is 2.95. The van der Waals surface area contributed by atoms with Crippen molar-refractivity contribution in [2.24, 2.45) is 4.99 Å². The second-order valence-corrected chi connectivity index (χ2v) is 4.79. The minimum Gasteiger partial charge on any atom is -0.473 e. The number of allylic oxidation sites excluding steroid dienone is 1. The smallest absolute Gasteiger partial charge is 0.205 e. The summed E-state index contributed by atoms with van der Waals surface area (Å²) >= 11 is 7.99. The Hall–Kier alpha value is -0.750. The van der Waals surface area contributed by atoms with Gasteiger partial charge in [-0.2, -0.15) is 0 Å². The van der Waals surface area contributed by atoms with Crippen molar-refractivity contribution in [1.82, 2.24) is 5.32 Å². The second-order valence-electron chi connectivity index (χ2n) is 3.21. The Morgan fingerprint density at radius 3 is 2.88 bits per heavy atom. The fourth-order valence-electron chi connectivity index (χ4n) is 1.24. The highest BCUT2D eigenvalue weighted by Crippen LogP contribution is 2.17. The molecule has 0 spiro atoms. The molecule has 1 aromatic rings.